The van der Waals surface area contributed by atoms with E-state index in [0.29, 0.717) is 18.0 Å². The van der Waals surface area contributed by atoms with E-state index in [1.165, 1.54) is 5.56 Å². The zero-order valence-electron chi connectivity index (χ0n) is 17.2. The normalized spacial score (nSPS) is 10.6. The van der Waals surface area contributed by atoms with Crippen LogP contribution >= 0.6 is 11.3 Å². The van der Waals surface area contributed by atoms with Gasteiger partial charge in [-0.15, -0.1) is 11.3 Å². The molecule has 0 aliphatic heterocycles. The number of nitrogens with one attached hydrogen (secondary N) is 1. The van der Waals surface area contributed by atoms with E-state index in [1.54, 1.807) is 39.8 Å². The lowest BCUT2D eigenvalue weighted by molar-refractivity contribution is 0.349. The summed E-state index contributed by atoms with van der Waals surface area (Å²) in [6.45, 7) is 1.55. The van der Waals surface area contributed by atoms with Gasteiger partial charge in [-0.1, -0.05) is 18.2 Å². The maximum atomic E-state index is 5.54. The molecular weight excluding hydrogens is 388 g/mol. The van der Waals surface area contributed by atoms with Crippen LogP contribution in [-0.4, -0.2) is 40.0 Å². The number of hydrogen-bond acceptors (Lipinski definition) is 7. The minimum absolute atomic E-state index is 0.635. The largest absolute Gasteiger partial charge is 0.496 e. The average Bonchev–Trinajstić information content (AvgIpc) is 3.24. The average molecular weight is 415 g/mol. The predicted octanol–water partition coefficient (Wildman–Crippen LogP) is 4.18. The van der Waals surface area contributed by atoms with Crippen molar-refractivity contribution in [1.29, 1.82) is 0 Å². The van der Waals surface area contributed by atoms with Crippen LogP contribution in [0.1, 0.15) is 10.6 Å². The number of para-hydroxylation sites is 1. The number of thiazole rings is 1. The number of benzene rings is 2. The molecule has 29 heavy (non-hydrogen) atoms. The number of rotatable bonds is 10. The molecule has 0 bridgehead atoms. The maximum Gasteiger partial charge on any atom is 0.164 e. The van der Waals surface area contributed by atoms with Crippen molar-refractivity contribution in [3.8, 4) is 33.4 Å². The van der Waals surface area contributed by atoms with Crippen molar-refractivity contribution in [2.45, 2.75) is 13.0 Å². The van der Waals surface area contributed by atoms with Crippen LogP contribution in [0.5, 0.6) is 23.0 Å². The summed E-state index contributed by atoms with van der Waals surface area (Å²) in [6.07, 6.45) is 2.76. The molecule has 0 fully saturated rings. The standard InChI is InChI=1S/C22H26N2O4S/c1-25-17-8-6-5-7-15(17)9-10-23-14-22-24-13-21(29-22)16-11-19(27-3)20(28-4)12-18(16)26-2/h5-8,11-13,23H,9-10,14H2,1-4H3. The van der Waals surface area contributed by atoms with Crippen LogP contribution in [0.15, 0.2) is 42.6 Å². The summed E-state index contributed by atoms with van der Waals surface area (Å²) < 4.78 is 21.7. The highest BCUT2D eigenvalue weighted by molar-refractivity contribution is 7.15. The highest BCUT2D eigenvalue weighted by Gasteiger charge is 2.15. The van der Waals surface area contributed by atoms with Crippen molar-refractivity contribution in [1.82, 2.24) is 10.3 Å². The SMILES string of the molecule is COc1ccccc1CCNCc1ncc(-c2cc(OC)c(OC)cc2OC)s1. The van der Waals surface area contributed by atoms with Gasteiger partial charge in [0.05, 0.1) is 33.3 Å². The molecule has 0 atom stereocenters. The van der Waals surface area contributed by atoms with Gasteiger partial charge in [-0.2, -0.15) is 0 Å². The molecule has 1 N–H and O–H groups in total. The maximum absolute atomic E-state index is 5.54. The van der Waals surface area contributed by atoms with E-state index in [4.69, 9.17) is 18.9 Å². The number of methoxy groups -OCH3 is 4. The molecular formula is C22H26N2O4S. The zero-order chi connectivity index (χ0) is 20.6. The minimum Gasteiger partial charge on any atom is -0.496 e. The highest BCUT2D eigenvalue weighted by atomic mass is 32.1. The summed E-state index contributed by atoms with van der Waals surface area (Å²) >= 11 is 1.63. The van der Waals surface area contributed by atoms with Crippen molar-refractivity contribution in [3.63, 3.8) is 0 Å². The lowest BCUT2D eigenvalue weighted by atomic mass is 10.1. The fraction of sp³-hybridized carbons (Fsp3) is 0.318. The number of ether oxygens (including phenoxy) is 4. The lowest BCUT2D eigenvalue weighted by Crippen LogP contribution is -2.16. The molecule has 6 nitrogen and oxygen atoms in total. The van der Waals surface area contributed by atoms with E-state index >= 15 is 0 Å². The van der Waals surface area contributed by atoms with Crippen molar-refractivity contribution >= 4 is 11.3 Å². The second-order valence-corrected chi connectivity index (χ2v) is 7.38. The van der Waals surface area contributed by atoms with Gasteiger partial charge in [-0.3, -0.25) is 0 Å². The Kier molecular flexibility index (Phi) is 7.32. The molecule has 1 aromatic heterocycles. The third-order valence-electron chi connectivity index (χ3n) is 4.56. The first-order valence-electron chi connectivity index (χ1n) is 9.27. The van der Waals surface area contributed by atoms with Crippen molar-refractivity contribution in [2.24, 2.45) is 0 Å². The summed E-state index contributed by atoms with van der Waals surface area (Å²) in [5, 5.41) is 4.46. The summed E-state index contributed by atoms with van der Waals surface area (Å²) in [7, 11) is 6.58. The summed E-state index contributed by atoms with van der Waals surface area (Å²) in [5.74, 6) is 2.94. The molecule has 0 amide bonds. The smallest absolute Gasteiger partial charge is 0.164 e. The second kappa shape index (κ2) is 10.1. The number of nitrogens with zero attached hydrogens (tertiary/aromatic N) is 1. The van der Waals surface area contributed by atoms with E-state index in [2.05, 4.69) is 16.4 Å². The van der Waals surface area contributed by atoms with Gasteiger partial charge in [0, 0.05) is 24.4 Å². The van der Waals surface area contributed by atoms with Crippen molar-refractivity contribution < 1.29 is 18.9 Å². The summed E-state index contributed by atoms with van der Waals surface area (Å²) in [5.41, 5.74) is 2.13. The third kappa shape index (κ3) is 4.99. The molecule has 0 unspecified atom stereocenters. The molecule has 0 radical (unpaired) electrons. The Bertz CT molecular complexity index is 942. The van der Waals surface area contributed by atoms with Crippen LogP contribution in [0.3, 0.4) is 0 Å². The van der Waals surface area contributed by atoms with Gasteiger partial charge in [-0.05, 0) is 30.7 Å². The van der Waals surface area contributed by atoms with Gasteiger partial charge >= 0.3 is 0 Å². The van der Waals surface area contributed by atoms with E-state index in [9.17, 15) is 0 Å². The first-order valence-corrected chi connectivity index (χ1v) is 10.1. The van der Waals surface area contributed by atoms with Crippen LogP contribution in [0, 0.1) is 0 Å². The molecule has 7 heteroatoms. The van der Waals surface area contributed by atoms with Gasteiger partial charge < -0.3 is 24.3 Å². The van der Waals surface area contributed by atoms with E-state index < -0.39 is 0 Å². The quantitative estimate of drug-likeness (QED) is 0.502. The number of hydrogen-bond donors (Lipinski definition) is 1. The van der Waals surface area contributed by atoms with Gasteiger partial charge in [0.15, 0.2) is 11.5 Å². The molecule has 0 saturated heterocycles. The summed E-state index contributed by atoms with van der Waals surface area (Å²) in [6, 6.07) is 11.8. The molecule has 3 aromatic rings. The molecule has 1 heterocycles. The minimum atomic E-state index is 0.635. The topological polar surface area (TPSA) is 61.8 Å². The molecule has 0 aliphatic carbocycles. The van der Waals surface area contributed by atoms with Crippen molar-refractivity contribution in [3.05, 3.63) is 53.2 Å². The van der Waals surface area contributed by atoms with Gasteiger partial charge in [0.2, 0.25) is 0 Å². The Morgan fingerprint density at radius 3 is 2.28 bits per heavy atom. The van der Waals surface area contributed by atoms with E-state index in [-0.39, 0.29) is 0 Å². The van der Waals surface area contributed by atoms with Crippen LogP contribution in [0.25, 0.3) is 10.4 Å². The fourth-order valence-corrected chi connectivity index (χ4v) is 3.97. The van der Waals surface area contributed by atoms with Crippen LogP contribution < -0.4 is 24.3 Å². The Labute approximate surface area is 175 Å². The highest BCUT2D eigenvalue weighted by Crippen LogP contribution is 2.41. The molecule has 0 saturated carbocycles. The molecule has 0 spiro atoms. The van der Waals surface area contributed by atoms with Crippen molar-refractivity contribution in [2.75, 3.05) is 35.0 Å². The van der Waals surface area contributed by atoms with E-state index in [1.807, 2.05) is 36.5 Å². The monoisotopic (exact) mass is 414 g/mol. The Morgan fingerprint density at radius 1 is 0.862 bits per heavy atom. The first-order chi connectivity index (χ1) is 14.2. The van der Waals surface area contributed by atoms with Gasteiger partial charge in [0.1, 0.15) is 16.5 Å². The third-order valence-corrected chi connectivity index (χ3v) is 5.60. The van der Waals surface area contributed by atoms with Crippen LogP contribution in [0.2, 0.25) is 0 Å². The number of aromatic nitrogens is 1. The zero-order valence-corrected chi connectivity index (χ0v) is 18.0. The van der Waals surface area contributed by atoms with Gasteiger partial charge in [-0.25, -0.2) is 4.98 Å². The Hall–Kier alpha value is -2.77. The molecule has 3 rings (SSSR count). The molecule has 154 valence electrons. The van der Waals surface area contributed by atoms with Crippen LogP contribution in [0.4, 0.5) is 0 Å². The summed E-state index contributed by atoms with van der Waals surface area (Å²) in [4.78, 5) is 5.57. The van der Waals surface area contributed by atoms with Crippen LogP contribution in [-0.2, 0) is 13.0 Å². The Morgan fingerprint density at radius 2 is 1.55 bits per heavy atom. The van der Waals surface area contributed by atoms with Gasteiger partial charge in [0.25, 0.3) is 0 Å². The first kappa shape index (κ1) is 21.0. The Balaban J connectivity index is 1.65. The second-order valence-electron chi connectivity index (χ2n) is 6.26. The molecule has 2 aromatic carbocycles. The molecule has 0 aliphatic rings. The lowest BCUT2D eigenvalue weighted by Gasteiger charge is -2.13. The predicted molar refractivity (Wildman–Crippen MR) is 116 cm³/mol. The fourth-order valence-electron chi connectivity index (χ4n) is 3.07. The van der Waals surface area contributed by atoms with E-state index in [0.717, 1.165) is 39.9 Å².